The van der Waals surface area contributed by atoms with Gasteiger partial charge in [0.15, 0.2) is 5.13 Å². The van der Waals surface area contributed by atoms with Crippen LogP contribution in [0.1, 0.15) is 16.8 Å². The lowest BCUT2D eigenvalue weighted by Crippen LogP contribution is -2.36. The zero-order valence-electron chi connectivity index (χ0n) is 15.2. The molecule has 3 aromatic rings. The Balaban J connectivity index is 1.32. The Kier molecular flexibility index (Phi) is 5.34. The summed E-state index contributed by atoms with van der Waals surface area (Å²) in [5.41, 5.74) is 3.90. The summed E-state index contributed by atoms with van der Waals surface area (Å²) < 4.78 is 0. The Morgan fingerprint density at radius 2 is 1.75 bits per heavy atom. The monoisotopic (exact) mass is 392 g/mol. The molecule has 3 amide bonds. The highest BCUT2D eigenvalue weighted by Crippen LogP contribution is 2.21. The standard InChI is InChI=1S/C21H20N4O2S/c26-19(25-11-10-15-6-4-5-7-16(15)13-25)12-18-14-28-21(23-18)24-20(27)22-17-8-2-1-3-9-17/h1-9,14H,10-13H2,(H2,22,23,24,27). The number of para-hydroxylation sites is 1. The van der Waals surface area contributed by atoms with Crippen LogP contribution in [-0.2, 0) is 24.2 Å². The van der Waals surface area contributed by atoms with Crippen molar-refractivity contribution in [3.63, 3.8) is 0 Å². The first-order chi connectivity index (χ1) is 13.7. The molecule has 7 heteroatoms. The summed E-state index contributed by atoms with van der Waals surface area (Å²) in [7, 11) is 0. The lowest BCUT2D eigenvalue weighted by molar-refractivity contribution is -0.131. The van der Waals surface area contributed by atoms with E-state index >= 15 is 0 Å². The molecular formula is C21H20N4O2S. The van der Waals surface area contributed by atoms with E-state index in [0.717, 1.165) is 13.0 Å². The van der Waals surface area contributed by atoms with Gasteiger partial charge < -0.3 is 10.2 Å². The van der Waals surface area contributed by atoms with E-state index in [0.29, 0.717) is 23.1 Å². The number of nitrogens with one attached hydrogen (secondary N) is 2. The Bertz CT molecular complexity index is 987. The molecule has 0 spiro atoms. The number of aromatic nitrogens is 1. The zero-order valence-corrected chi connectivity index (χ0v) is 16.0. The first-order valence-electron chi connectivity index (χ1n) is 9.09. The summed E-state index contributed by atoms with van der Waals surface area (Å²) in [6.07, 6.45) is 1.12. The molecule has 0 aliphatic carbocycles. The van der Waals surface area contributed by atoms with Gasteiger partial charge in [-0.25, -0.2) is 9.78 Å². The number of carbonyl (C=O) groups excluding carboxylic acids is 2. The molecule has 2 N–H and O–H groups in total. The fourth-order valence-corrected chi connectivity index (χ4v) is 3.91. The second-order valence-electron chi connectivity index (χ2n) is 6.60. The van der Waals surface area contributed by atoms with Gasteiger partial charge in [0.2, 0.25) is 5.91 Å². The van der Waals surface area contributed by atoms with Crippen LogP contribution < -0.4 is 10.6 Å². The van der Waals surface area contributed by atoms with Crippen molar-refractivity contribution in [2.75, 3.05) is 17.2 Å². The van der Waals surface area contributed by atoms with Crippen molar-refractivity contribution in [2.24, 2.45) is 0 Å². The Hall–Kier alpha value is -3.19. The van der Waals surface area contributed by atoms with Gasteiger partial charge in [-0.15, -0.1) is 11.3 Å². The largest absolute Gasteiger partial charge is 0.338 e. The van der Waals surface area contributed by atoms with Crippen molar-refractivity contribution in [3.8, 4) is 0 Å². The lowest BCUT2D eigenvalue weighted by Gasteiger charge is -2.28. The average Bonchev–Trinajstić information content (AvgIpc) is 3.14. The summed E-state index contributed by atoms with van der Waals surface area (Å²) >= 11 is 1.31. The summed E-state index contributed by atoms with van der Waals surface area (Å²) in [6.45, 7) is 1.37. The third-order valence-electron chi connectivity index (χ3n) is 4.62. The molecule has 0 unspecified atom stereocenters. The van der Waals surface area contributed by atoms with Gasteiger partial charge in [0.1, 0.15) is 0 Å². The molecule has 0 saturated heterocycles. The van der Waals surface area contributed by atoms with E-state index in [-0.39, 0.29) is 18.4 Å². The van der Waals surface area contributed by atoms with Crippen molar-refractivity contribution >= 4 is 34.1 Å². The fraction of sp³-hybridized carbons (Fsp3) is 0.190. The molecule has 1 aromatic heterocycles. The molecule has 2 aromatic carbocycles. The number of nitrogens with zero attached hydrogens (tertiary/aromatic N) is 2. The molecule has 0 bridgehead atoms. The molecule has 1 aliphatic heterocycles. The van der Waals surface area contributed by atoms with E-state index in [2.05, 4.69) is 27.8 Å². The molecule has 0 radical (unpaired) electrons. The molecular weight excluding hydrogens is 372 g/mol. The number of carbonyl (C=O) groups is 2. The maximum absolute atomic E-state index is 12.6. The Morgan fingerprint density at radius 1 is 1.00 bits per heavy atom. The molecule has 4 rings (SSSR count). The van der Waals surface area contributed by atoms with Crippen LogP contribution in [0.3, 0.4) is 0 Å². The van der Waals surface area contributed by atoms with E-state index < -0.39 is 0 Å². The molecule has 1 aliphatic rings. The van der Waals surface area contributed by atoms with E-state index in [1.54, 1.807) is 0 Å². The highest BCUT2D eigenvalue weighted by molar-refractivity contribution is 7.14. The fourth-order valence-electron chi connectivity index (χ4n) is 3.20. The van der Waals surface area contributed by atoms with E-state index in [1.165, 1.54) is 22.5 Å². The van der Waals surface area contributed by atoms with Crippen molar-refractivity contribution in [2.45, 2.75) is 19.4 Å². The van der Waals surface area contributed by atoms with Crippen LogP contribution in [0.5, 0.6) is 0 Å². The van der Waals surface area contributed by atoms with Gasteiger partial charge in [-0.3, -0.25) is 10.1 Å². The minimum Gasteiger partial charge on any atom is -0.338 e. The third kappa shape index (κ3) is 4.37. The average molecular weight is 392 g/mol. The van der Waals surface area contributed by atoms with Crippen LogP contribution in [0.2, 0.25) is 0 Å². The summed E-state index contributed by atoms with van der Waals surface area (Å²) in [5, 5.41) is 7.74. The molecule has 2 heterocycles. The van der Waals surface area contributed by atoms with Gasteiger partial charge in [-0.2, -0.15) is 0 Å². The molecule has 28 heavy (non-hydrogen) atoms. The topological polar surface area (TPSA) is 74.3 Å². The minimum absolute atomic E-state index is 0.0556. The predicted molar refractivity (Wildman–Crippen MR) is 110 cm³/mol. The maximum Gasteiger partial charge on any atom is 0.325 e. The highest BCUT2D eigenvalue weighted by atomic mass is 32.1. The number of hydrogen-bond acceptors (Lipinski definition) is 4. The first-order valence-corrected chi connectivity index (χ1v) is 9.97. The van der Waals surface area contributed by atoms with Crippen LogP contribution in [0, 0.1) is 0 Å². The summed E-state index contributed by atoms with van der Waals surface area (Å²) in [6, 6.07) is 17.1. The molecule has 142 valence electrons. The second kappa shape index (κ2) is 8.22. The molecule has 0 atom stereocenters. The number of rotatable bonds is 4. The third-order valence-corrected chi connectivity index (χ3v) is 5.43. The number of benzene rings is 2. The van der Waals surface area contributed by atoms with Crippen LogP contribution in [0.25, 0.3) is 0 Å². The number of anilines is 2. The maximum atomic E-state index is 12.6. The van der Waals surface area contributed by atoms with Crippen LogP contribution in [0.15, 0.2) is 60.0 Å². The van der Waals surface area contributed by atoms with Gasteiger partial charge in [0.05, 0.1) is 12.1 Å². The van der Waals surface area contributed by atoms with Crippen molar-refractivity contribution in [3.05, 3.63) is 76.8 Å². The zero-order chi connectivity index (χ0) is 19.3. The molecule has 0 saturated carbocycles. The van der Waals surface area contributed by atoms with E-state index in [4.69, 9.17) is 0 Å². The second-order valence-corrected chi connectivity index (χ2v) is 7.46. The predicted octanol–water partition coefficient (Wildman–Crippen LogP) is 3.91. The highest BCUT2D eigenvalue weighted by Gasteiger charge is 2.21. The normalized spacial score (nSPS) is 12.9. The van der Waals surface area contributed by atoms with Crippen molar-refractivity contribution in [1.29, 1.82) is 0 Å². The van der Waals surface area contributed by atoms with Gasteiger partial charge >= 0.3 is 6.03 Å². The summed E-state index contributed by atoms with van der Waals surface area (Å²) in [5.74, 6) is 0.0556. The number of hydrogen-bond donors (Lipinski definition) is 2. The number of urea groups is 1. The van der Waals surface area contributed by atoms with Crippen LogP contribution >= 0.6 is 11.3 Å². The number of fused-ring (bicyclic) bond motifs is 1. The first kappa shape index (κ1) is 18.2. The Morgan fingerprint density at radius 3 is 2.57 bits per heavy atom. The summed E-state index contributed by atoms with van der Waals surface area (Å²) in [4.78, 5) is 30.9. The quantitative estimate of drug-likeness (QED) is 0.707. The van der Waals surface area contributed by atoms with E-state index in [1.807, 2.05) is 52.7 Å². The van der Waals surface area contributed by atoms with Gasteiger partial charge in [-0.1, -0.05) is 42.5 Å². The lowest BCUT2D eigenvalue weighted by atomic mass is 10.00. The van der Waals surface area contributed by atoms with Crippen LogP contribution in [0.4, 0.5) is 15.6 Å². The SMILES string of the molecule is O=C(Nc1ccccc1)Nc1nc(CC(=O)N2CCc3ccccc3C2)cs1. The minimum atomic E-state index is -0.355. The van der Waals surface area contributed by atoms with Crippen molar-refractivity contribution < 1.29 is 9.59 Å². The molecule has 0 fully saturated rings. The van der Waals surface area contributed by atoms with Crippen molar-refractivity contribution in [1.82, 2.24) is 9.88 Å². The Labute approximate surface area is 167 Å². The van der Waals surface area contributed by atoms with E-state index in [9.17, 15) is 9.59 Å². The number of amides is 3. The number of thiazole rings is 1. The molecule has 6 nitrogen and oxygen atoms in total. The van der Waals surface area contributed by atoms with Crippen LogP contribution in [-0.4, -0.2) is 28.4 Å². The van der Waals surface area contributed by atoms with Gasteiger partial charge in [-0.05, 0) is 29.7 Å². The van der Waals surface area contributed by atoms with Gasteiger partial charge in [0, 0.05) is 24.2 Å². The smallest absolute Gasteiger partial charge is 0.325 e. The van der Waals surface area contributed by atoms with Gasteiger partial charge in [0.25, 0.3) is 0 Å².